The van der Waals surface area contributed by atoms with Crippen LogP contribution in [-0.2, 0) is 13.0 Å². The molecule has 96 valence electrons. The monoisotopic (exact) mass is 308 g/mol. The third kappa shape index (κ3) is 2.93. The summed E-state index contributed by atoms with van der Waals surface area (Å²) in [6, 6.07) is 6.06. The van der Waals surface area contributed by atoms with Crippen LogP contribution in [0.4, 0.5) is 0 Å². The zero-order valence-electron chi connectivity index (χ0n) is 10.7. The molecule has 0 bridgehead atoms. The van der Waals surface area contributed by atoms with Crippen LogP contribution in [0.15, 0.2) is 35.1 Å². The molecule has 4 heteroatoms. The first kappa shape index (κ1) is 13.1. The number of imidazole rings is 1. The van der Waals surface area contributed by atoms with Gasteiger partial charge in [0.15, 0.2) is 0 Å². The Kier molecular flexibility index (Phi) is 4.42. The fourth-order valence-electron chi connectivity index (χ4n) is 1.99. The van der Waals surface area contributed by atoms with Crippen LogP contribution in [0.5, 0.6) is 5.75 Å². The van der Waals surface area contributed by atoms with Gasteiger partial charge in [0.25, 0.3) is 0 Å². The number of rotatable bonds is 5. The Bertz CT molecular complexity index is 522. The minimum absolute atomic E-state index is 0.790. The first-order chi connectivity index (χ1) is 8.74. The molecule has 0 aliphatic heterocycles. The predicted octanol–water partition coefficient (Wildman–Crippen LogP) is 3.66. The molecule has 1 aromatic heterocycles. The van der Waals surface area contributed by atoms with Gasteiger partial charge in [-0.1, -0.05) is 22.9 Å². The number of ether oxygens (including phenoxy) is 1. The van der Waals surface area contributed by atoms with Gasteiger partial charge in [-0.25, -0.2) is 4.98 Å². The molecule has 0 amide bonds. The predicted molar refractivity (Wildman–Crippen MR) is 76.0 cm³/mol. The van der Waals surface area contributed by atoms with Crippen molar-refractivity contribution in [2.24, 2.45) is 0 Å². The van der Waals surface area contributed by atoms with Gasteiger partial charge >= 0.3 is 0 Å². The molecule has 2 rings (SSSR count). The lowest BCUT2D eigenvalue weighted by Gasteiger charge is -2.11. The molecule has 0 saturated carbocycles. The van der Waals surface area contributed by atoms with E-state index in [0.29, 0.717) is 0 Å². The SMILES string of the molecule is CCCc1nccn1Cc1cc(Br)ccc1OC. The van der Waals surface area contributed by atoms with Crippen LogP contribution >= 0.6 is 15.9 Å². The number of halogens is 1. The molecular formula is C14H17BrN2O. The van der Waals surface area contributed by atoms with Crippen molar-refractivity contribution in [1.82, 2.24) is 9.55 Å². The van der Waals surface area contributed by atoms with E-state index in [4.69, 9.17) is 4.74 Å². The molecule has 0 atom stereocenters. The minimum Gasteiger partial charge on any atom is -0.496 e. The van der Waals surface area contributed by atoms with Crippen molar-refractivity contribution in [1.29, 1.82) is 0 Å². The molecule has 0 unspecified atom stereocenters. The zero-order chi connectivity index (χ0) is 13.0. The highest BCUT2D eigenvalue weighted by molar-refractivity contribution is 9.10. The quantitative estimate of drug-likeness (QED) is 0.843. The van der Waals surface area contributed by atoms with Crippen LogP contribution in [0.3, 0.4) is 0 Å². The van der Waals surface area contributed by atoms with E-state index in [0.717, 1.165) is 41.0 Å². The van der Waals surface area contributed by atoms with Crippen molar-refractivity contribution in [2.45, 2.75) is 26.3 Å². The van der Waals surface area contributed by atoms with Crippen molar-refractivity contribution in [3.63, 3.8) is 0 Å². The van der Waals surface area contributed by atoms with E-state index in [1.54, 1.807) is 7.11 Å². The third-order valence-corrected chi connectivity index (χ3v) is 3.35. The molecule has 0 N–H and O–H groups in total. The molecular weight excluding hydrogens is 292 g/mol. The number of nitrogens with zero attached hydrogens (tertiary/aromatic N) is 2. The van der Waals surface area contributed by atoms with Crippen LogP contribution in [0.2, 0.25) is 0 Å². The largest absolute Gasteiger partial charge is 0.496 e. The Morgan fingerprint density at radius 2 is 2.22 bits per heavy atom. The third-order valence-electron chi connectivity index (χ3n) is 2.86. The molecule has 0 radical (unpaired) electrons. The van der Waals surface area contributed by atoms with Crippen molar-refractivity contribution in [3.05, 3.63) is 46.5 Å². The Morgan fingerprint density at radius 1 is 1.39 bits per heavy atom. The molecule has 0 aliphatic rings. The minimum atomic E-state index is 0.790. The van der Waals surface area contributed by atoms with Crippen molar-refractivity contribution in [3.8, 4) is 5.75 Å². The Labute approximate surface area is 116 Å². The maximum Gasteiger partial charge on any atom is 0.123 e. The van der Waals surface area contributed by atoms with E-state index in [-0.39, 0.29) is 0 Å². The van der Waals surface area contributed by atoms with E-state index in [2.05, 4.69) is 38.5 Å². The topological polar surface area (TPSA) is 27.1 Å². The van der Waals surface area contributed by atoms with Crippen molar-refractivity contribution in [2.75, 3.05) is 7.11 Å². The molecule has 0 aliphatic carbocycles. The van der Waals surface area contributed by atoms with Crippen LogP contribution in [-0.4, -0.2) is 16.7 Å². The summed E-state index contributed by atoms with van der Waals surface area (Å²) in [4.78, 5) is 4.39. The summed E-state index contributed by atoms with van der Waals surface area (Å²) in [6.45, 7) is 2.96. The van der Waals surface area contributed by atoms with Gasteiger partial charge in [0.2, 0.25) is 0 Å². The van der Waals surface area contributed by atoms with Crippen LogP contribution in [0.25, 0.3) is 0 Å². The second-order valence-electron chi connectivity index (χ2n) is 4.18. The van der Waals surface area contributed by atoms with E-state index >= 15 is 0 Å². The Balaban J connectivity index is 2.27. The average Bonchev–Trinajstić information content (AvgIpc) is 2.78. The van der Waals surface area contributed by atoms with Gasteiger partial charge in [0.1, 0.15) is 11.6 Å². The van der Waals surface area contributed by atoms with Gasteiger partial charge in [-0.3, -0.25) is 0 Å². The van der Waals surface area contributed by atoms with Gasteiger partial charge < -0.3 is 9.30 Å². The number of aryl methyl sites for hydroxylation is 1. The maximum atomic E-state index is 5.39. The molecule has 3 nitrogen and oxygen atoms in total. The van der Waals surface area contributed by atoms with E-state index in [1.807, 2.05) is 24.5 Å². The van der Waals surface area contributed by atoms with Gasteiger partial charge in [-0.05, 0) is 24.6 Å². The Hall–Kier alpha value is -1.29. The summed E-state index contributed by atoms with van der Waals surface area (Å²) in [7, 11) is 1.70. The molecule has 0 saturated heterocycles. The summed E-state index contributed by atoms with van der Waals surface area (Å²) in [5.74, 6) is 2.04. The number of benzene rings is 1. The van der Waals surface area contributed by atoms with E-state index in [9.17, 15) is 0 Å². The molecule has 1 aromatic carbocycles. The highest BCUT2D eigenvalue weighted by Crippen LogP contribution is 2.24. The fraction of sp³-hybridized carbons (Fsp3) is 0.357. The highest BCUT2D eigenvalue weighted by atomic mass is 79.9. The van der Waals surface area contributed by atoms with Gasteiger partial charge in [0, 0.05) is 28.9 Å². The average molecular weight is 309 g/mol. The lowest BCUT2D eigenvalue weighted by atomic mass is 10.2. The molecule has 0 fully saturated rings. The number of methoxy groups -OCH3 is 1. The number of aromatic nitrogens is 2. The van der Waals surface area contributed by atoms with Crippen LogP contribution in [0, 0.1) is 0 Å². The molecule has 2 aromatic rings. The van der Waals surface area contributed by atoms with E-state index < -0.39 is 0 Å². The number of hydrogen-bond donors (Lipinski definition) is 0. The standard InChI is InChI=1S/C14H17BrN2O/c1-3-4-14-16-7-8-17(14)10-11-9-12(15)5-6-13(11)18-2/h5-9H,3-4,10H2,1-2H3. The molecule has 1 heterocycles. The summed E-state index contributed by atoms with van der Waals surface area (Å²) >= 11 is 3.50. The summed E-state index contributed by atoms with van der Waals surface area (Å²) in [6.07, 6.45) is 5.98. The van der Waals surface area contributed by atoms with Crippen LogP contribution < -0.4 is 4.74 Å². The van der Waals surface area contributed by atoms with Gasteiger partial charge in [0.05, 0.1) is 13.7 Å². The zero-order valence-corrected chi connectivity index (χ0v) is 12.3. The summed E-state index contributed by atoms with van der Waals surface area (Å²) in [5.41, 5.74) is 1.15. The normalized spacial score (nSPS) is 10.6. The first-order valence-corrected chi connectivity index (χ1v) is 6.86. The second-order valence-corrected chi connectivity index (χ2v) is 5.09. The maximum absolute atomic E-state index is 5.39. The smallest absolute Gasteiger partial charge is 0.123 e. The fourth-order valence-corrected chi connectivity index (χ4v) is 2.40. The lowest BCUT2D eigenvalue weighted by Crippen LogP contribution is -2.05. The van der Waals surface area contributed by atoms with Crippen molar-refractivity contribution < 1.29 is 4.74 Å². The van der Waals surface area contributed by atoms with Gasteiger partial charge in [-0.15, -0.1) is 0 Å². The van der Waals surface area contributed by atoms with Crippen molar-refractivity contribution >= 4 is 15.9 Å². The highest BCUT2D eigenvalue weighted by Gasteiger charge is 2.07. The second kappa shape index (κ2) is 6.05. The molecule has 18 heavy (non-hydrogen) atoms. The lowest BCUT2D eigenvalue weighted by molar-refractivity contribution is 0.408. The van der Waals surface area contributed by atoms with E-state index in [1.165, 1.54) is 0 Å². The summed E-state index contributed by atoms with van der Waals surface area (Å²) in [5, 5.41) is 0. The summed E-state index contributed by atoms with van der Waals surface area (Å²) < 4.78 is 8.63. The molecule has 0 spiro atoms. The van der Waals surface area contributed by atoms with Gasteiger partial charge in [-0.2, -0.15) is 0 Å². The first-order valence-electron chi connectivity index (χ1n) is 6.07. The Morgan fingerprint density at radius 3 is 2.94 bits per heavy atom. The van der Waals surface area contributed by atoms with Crippen LogP contribution in [0.1, 0.15) is 24.7 Å². The number of hydrogen-bond acceptors (Lipinski definition) is 2.